The Morgan fingerprint density at radius 1 is 1.23 bits per heavy atom. The Kier molecular flexibility index (Phi) is 3.29. The average molecular weight is 189 g/mol. The molecule has 0 bridgehead atoms. The summed E-state index contributed by atoms with van der Waals surface area (Å²) in [5, 5.41) is 19.5. The highest BCUT2D eigenvalue weighted by Crippen LogP contribution is 2.29. The molecule has 0 aromatic heterocycles. The molecular formula is C9H19NO3. The lowest BCUT2D eigenvalue weighted by Gasteiger charge is -2.28. The molecule has 0 saturated carbocycles. The molecule has 0 aromatic rings. The molecular weight excluding hydrogens is 170 g/mol. The minimum absolute atomic E-state index is 0.0950. The predicted molar refractivity (Wildman–Crippen MR) is 49.2 cm³/mol. The van der Waals surface area contributed by atoms with Crippen molar-refractivity contribution in [3.63, 3.8) is 0 Å². The van der Waals surface area contributed by atoms with Crippen LogP contribution in [-0.4, -0.2) is 53.7 Å². The number of hydrogen-bond acceptors (Lipinski definition) is 4. The first kappa shape index (κ1) is 10.9. The lowest BCUT2D eigenvalue weighted by Crippen LogP contribution is -2.43. The zero-order valence-electron chi connectivity index (χ0n) is 8.64. The summed E-state index contributed by atoms with van der Waals surface area (Å²) in [6.07, 6.45) is -1.50. The number of rotatable bonds is 2. The molecule has 4 heteroatoms. The highest BCUT2D eigenvalue weighted by Gasteiger charge is 2.43. The normalized spacial score (nSPS) is 42.7. The molecule has 5 unspecified atom stereocenters. The Hall–Kier alpha value is -0.160. The fourth-order valence-corrected chi connectivity index (χ4v) is 1.86. The second-order valence-corrected chi connectivity index (χ2v) is 3.99. The molecule has 1 rings (SSSR count). The van der Waals surface area contributed by atoms with Crippen molar-refractivity contribution in [2.45, 2.75) is 38.4 Å². The molecule has 1 aliphatic heterocycles. The zero-order chi connectivity index (χ0) is 10.2. The van der Waals surface area contributed by atoms with E-state index < -0.39 is 12.3 Å². The van der Waals surface area contributed by atoms with Crippen LogP contribution in [0.15, 0.2) is 0 Å². The first-order chi connectivity index (χ1) is 5.95. The van der Waals surface area contributed by atoms with Crippen LogP contribution in [0.4, 0.5) is 0 Å². The topological polar surface area (TPSA) is 52.9 Å². The minimum Gasteiger partial charge on any atom is -0.390 e. The fourth-order valence-electron chi connectivity index (χ4n) is 1.86. The molecule has 0 aromatic carbocycles. The summed E-state index contributed by atoms with van der Waals surface area (Å²) in [7, 11) is 3.57. The van der Waals surface area contributed by atoms with E-state index in [1.165, 1.54) is 0 Å². The maximum absolute atomic E-state index is 9.77. The van der Waals surface area contributed by atoms with E-state index in [1.807, 2.05) is 13.8 Å². The van der Waals surface area contributed by atoms with Gasteiger partial charge in [-0.05, 0) is 27.9 Å². The van der Waals surface area contributed by atoms with Gasteiger partial charge < -0.3 is 14.9 Å². The van der Waals surface area contributed by atoms with E-state index in [-0.39, 0.29) is 18.1 Å². The molecule has 0 radical (unpaired) electrons. The van der Waals surface area contributed by atoms with E-state index in [9.17, 15) is 10.2 Å². The summed E-state index contributed by atoms with van der Waals surface area (Å²) in [4.78, 5) is 1.69. The van der Waals surface area contributed by atoms with Gasteiger partial charge in [-0.2, -0.15) is 0 Å². The summed E-state index contributed by atoms with van der Waals surface area (Å²) in [5.74, 6) is -0.218. The van der Waals surface area contributed by atoms with Gasteiger partial charge in [0.25, 0.3) is 0 Å². The zero-order valence-corrected chi connectivity index (χ0v) is 8.64. The quantitative estimate of drug-likeness (QED) is 0.583. The van der Waals surface area contributed by atoms with E-state index >= 15 is 0 Å². The Balaban J connectivity index is 2.68. The molecule has 1 saturated heterocycles. The van der Waals surface area contributed by atoms with Crippen LogP contribution >= 0.6 is 0 Å². The molecule has 0 aliphatic carbocycles. The van der Waals surface area contributed by atoms with Crippen LogP contribution in [0.25, 0.3) is 0 Å². The van der Waals surface area contributed by atoms with Crippen LogP contribution in [0.5, 0.6) is 0 Å². The van der Waals surface area contributed by atoms with E-state index in [1.54, 1.807) is 19.0 Å². The smallest absolute Gasteiger partial charge is 0.114 e. The van der Waals surface area contributed by atoms with Crippen LogP contribution < -0.4 is 0 Å². The molecule has 13 heavy (non-hydrogen) atoms. The average Bonchev–Trinajstić information content (AvgIpc) is 2.26. The summed E-state index contributed by atoms with van der Waals surface area (Å²) in [6, 6.07) is 0. The van der Waals surface area contributed by atoms with E-state index in [4.69, 9.17) is 4.74 Å². The van der Waals surface area contributed by atoms with Crippen molar-refractivity contribution in [3.8, 4) is 0 Å². The fraction of sp³-hybridized carbons (Fsp3) is 1.00. The first-order valence-corrected chi connectivity index (χ1v) is 4.63. The Bertz CT molecular complexity index is 174. The SMILES string of the molecule is CC1OC(C)C(C(O)N(C)C)C1O. The monoisotopic (exact) mass is 189 g/mol. The molecule has 2 N–H and O–H groups in total. The molecule has 4 nitrogen and oxygen atoms in total. The number of aliphatic hydroxyl groups is 2. The van der Waals surface area contributed by atoms with Gasteiger partial charge in [0.2, 0.25) is 0 Å². The van der Waals surface area contributed by atoms with Gasteiger partial charge in [-0.25, -0.2) is 0 Å². The molecule has 1 heterocycles. The van der Waals surface area contributed by atoms with Crippen molar-refractivity contribution in [2.75, 3.05) is 14.1 Å². The maximum Gasteiger partial charge on any atom is 0.114 e. The summed E-state index contributed by atoms with van der Waals surface area (Å²) >= 11 is 0. The van der Waals surface area contributed by atoms with Gasteiger partial charge in [0.15, 0.2) is 0 Å². The Morgan fingerprint density at radius 2 is 1.77 bits per heavy atom. The van der Waals surface area contributed by atoms with Gasteiger partial charge in [-0.1, -0.05) is 0 Å². The second-order valence-electron chi connectivity index (χ2n) is 3.99. The van der Waals surface area contributed by atoms with Crippen LogP contribution in [-0.2, 0) is 4.74 Å². The molecule has 78 valence electrons. The first-order valence-electron chi connectivity index (χ1n) is 4.63. The predicted octanol–water partition coefficient (Wildman–Crippen LogP) is -0.349. The maximum atomic E-state index is 9.77. The van der Waals surface area contributed by atoms with Gasteiger partial charge in [0, 0.05) is 0 Å². The van der Waals surface area contributed by atoms with Crippen molar-refractivity contribution in [1.82, 2.24) is 4.90 Å². The van der Waals surface area contributed by atoms with Crippen LogP contribution in [0.2, 0.25) is 0 Å². The summed E-state index contributed by atoms with van der Waals surface area (Å²) in [6.45, 7) is 3.70. The highest BCUT2D eigenvalue weighted by molar-refractivity contribution is 4.89. The number of aliphatic hydroxyl groups excluding tert-OH is 2. The summed E-state index contributed by atoms with van der Waals surface area (Å²) in [5.41, 5.74) is 0. The van der Waals surface area contributed by atoms with E-state index in [0.717, 1.165) is 0 Å². The molecule has 5 atom stereocenters. The van der Waals surface area contributed by atoms with Crippen molar-refractivity contribution in [1.29, 1.82) is 0 Å². The third kappa shape index (κ3) is 2.02. The van der Waals surface area contributed by atoms with Crippen molar-refractivity contribution >= 4 is 0 Å². The summed E-state index contributed by atoms with van der Waals surface area (Å²) < 4.78 is 5.42. The largest absolute Gasteiger partial charge is 0.390 e. The third-order valence-corrected chi connectivity index (χ3v) is 2.72. The Morgan fingerprint density at radius 3 is 2.08 bits per heavy atom. The van der Waals surface area contributed by atoms with Gasteiger partial charge in [-0.15, -0.1) is 0 Å². The molecule has 0 amide bonds. The van der Waals surface area contributed by atoms with Crippen LogP contribution in [0.1, 0.15) is 13.8 Å². The second kappa shape index (κ2) is 3.92. The standard InChI is InChI=1S/C9H19NO3/c1-5-7(9(12)10(3)4)8(11)6(2)13-5/h5-9,11-12H,1-4H3. The molecule has 1 aliphatic rings. The van der Waals surface area contributed by atoms with Crippen molar-refractivity contribution in [2.24, 2.45) is 5.92 Å². The van der Waals surface area contributed by atoms with Crippen molar-refractivity contribution < 1.29 is 14.9 Å². The lowest BCUT2D eigenvalue weighted by atomic mass is 9.95. The van der Waals surface area contributed by atoms with Gasteiger partial charge in [0.1, 0.15) is 6.23 Å². The van der Waals surface area contributed by atoms with E-state index in [0.29, 0.717) is 0 Å². The number of hydrogen-bond donors (Lipinski definition) is 2. The van der Waals surface area contributed by atoms with Crippen molar-refractivity contribution in [3.05, 3.63) is 0 Å². The third-order valence-electron chi connectivity index (χ3n) is 2.72. The Labute approximate surface area is 79.1 Å². The minimum atomic E-state index is -0.644. The highest BCUT2D eigenvalue weighted by atomic mass is 16.5. The van der Waals surface area contributed by atoms with Crippen LogP contribution in [0, 0.1) is 5.92 Å². The lowest BCUT2D eigenvalue weighted by molar-refractivity contribution is -0.0572. The number of nitrogens with zero attached hydrogens (tertiary/aromatic N) is 1. The molecule has 0 spiro atoms. The number of ether oxygens (including phenoxy) is 1. The van der Waals surface area contributed by atoms with E-state index in [2.05, 4.69) is 0 Å². The van der Waals surface area contributed by atoms with Gasteiger partial charge >= 0.3 is 0 Å². The van der Waals surface area contributed by atoms with Gasteiger partial charge in [-0.3, -0.25) is 4.90 Å². The van der Waals surface area contributed by atoms with Gasteiger partial charge in [0.05, 0.1) is 24.2 Å². The molecule has 1 fully saturated rings. The van der Waals surface area contributed by atoms with Crippen LogP contribution in [0.3, 0.4) is 0 Å².